The second kappa shape index (κ2) is 8.12. The first-order valence-electron chi connectivity index (χ1n) is 7.73. The fraction of sp³-hybridized carbons (Fsp3) is 0.158. The molecule has 0 bridgehead atoms. The van der Waals surface area contributed by atoms with Crippen LogP contribution in [0.3, 0.4) is 0 Å². The van der Waals surface area contributed by atoms with Crippen LogP contribution in [-0.4, -0.2) is 29.3 Å². The smallest absolute Gasteiger partial charge is 0.266 e. The molecule has 0 spiro atoms. The normalized spacial score (nSPS) is 15.7. The Morgan fingerprint density at radius 3 is 2.50 bits per heavy atom. The summed E-state index contributed by atoms with van der Waals surface area (Å²) in [6, 6.07) is 12.9. The molecule has 1 saturated heterocycles. The van der Waals surface area contributed by atoms with Crippen molar-refractivity contribution in [2.45, 2.75) is 6.54 Å². The molecule has 1 aliphatic heterocycles. The molecule has 0 aliphatic carbocycles. The molecule has 1 amide bonds. The Bertz CT molecular complexity index is 881. The van der Waals surface area contributed by atoms with Gasteiger partial charge in [-0.1, -0.05) is 53.8 Å². The predicted molar refractivity (Wildman–Crippen MR) is 110 cm³/mol. The molecule has 2 aromatic rings. The Hall–Kier alpha value is -2.02. The first kappa shape index (κ1) is 18.8. The number of nitrogens with zero attached hydrogens (tertiary/aromatic N) is 1. The van der Waals surface area contributed by atoms with Gasteiger partial charge in [-0.2, -0.15) is 0 Å². The number of thiocarbonyl (C=S) groups is 1. The minimum Gasteiger partial charge on any atom is -0.497 e. The summed E-state index contributed by atoms with van der Waals surface area (Å²) in [5.74, 6) is 1.26. The Morgan fingerprint density at radius 2 is 1.88 bits per heavy atom. The van der Waals surface area contributed by atoms with Crippen molar-refractivity contribution >= 4 is 51.9 Å². The summed E-state index contributed by atoms with van der Waals surface area (Å²) in [5, 5.41) is 0.495. The van der Waals surface area contributed by atoms with Gasteiger partial charge in [0, 0.05) is 0 Å². The summed E-state index contributed by atoms with van der Waals surface area (Å²) in [5.41, 5.74) is 1.80. The van der Waals surface area contributed by atoms with Gasteiger partial charge in [-0.05, 0) is 41.5 Å². The van der Waals surface area contributed by atoms with E-state index in [4.69, 9.17) is 33.3 Å². The van der Waals surface area contributed by atoms with Gasteiger partial charge in [-0.15, -0.1) is 0 Å². The van der Waals surface area contributed by atoms with Crippen LogP contribution in [0.15, 0.2) is 47.4 Å². The van der Waals surface area contributed by atoms with Crippen LogP contribution < -0.4 is 9.47 Å². The van der Waals surface area contributed by atoms with Crippen molar-refractivity contribution in [3.05, 3.63) is 63.5 Å². The highest BCUT2D eigenvalue weighted by Crippen LogP contribution is 2.35. The van der Waals surface area contributed by atoms with Crippen molar-refractivity contribution in [2.75, 3.05) is 14.2 Å². The lowest BCUT2D eigenvalue weighted by Crippen LogP contribution is -2.27. The number of amides is 1. The van der Waals surface area contributed by atoms with Crippen LogP contribution in [0, 0.1) is 0 Å². The van der Waals surface area contributed by atoms with Gasteiger partial charge in [0.2, 0.25) is 0 Å². The van der Waals surface area contributed by atoms with Crippen molar-refractivity contribution in [1.82, 2.24) is 4.90 Å². The maximum Gasteiger partial charge on any atom is 0.266 e. The van der Waals surface area contributed by atoms with Gasteiger partial charge in [-0.25, -0.2) is 0 Å². The Morgan fingerprint density at radius 1 is 1.15 bits per heavy atom. The van der Waals surface area contributed by atoms with Gasteiger partial charge in [0.15, 0.2) is 0 Å². The third-order valence-corrected chi connectivity index (χ3v) is 5.52. The average Bonchev–Trinajstić information content (AvgIpc) is 2.90. The summed E-state index contributed by atoms with van der Waals surface area (Å²) in [7, 11) is 3.18. The number of hydrogen-bond donors (Lipinski definition) is 0. The Balaban J connectivity index is 1.78. The Kier molecular flexibility index (Phi) is 5.86. The monoisotopic (exact) mass is 405 g/mol. The molecule has 4 nitrogen and oxygen atoms in total. The topological polar surface area (TPSA) is 38.8 Å². The largest absolute Gasteiger partial charge is 0.497 e. The van der Waals surface area contributed by atoms with E-state index >= 15 is 0 Å². The van der Waals surface area contributed by atoms with Gasteiger partial charge < -0.3 is 9.47 Å². The maximum absolute atomic E-state index is 12.7. The summed E-state index contributed by atoms with van der Waals surface area (Å²) >= 11 is 12.8. The van der Waals surface area contributed by atoms with Gasteiger partial charge in [0.1, 0.15) is 15.8 Å². The summed E-state index contributed by atoms with van der Waals surface area (Å²) in [6.45, 7) is 0.426. The Labute approximate surface area is 166 Å². The zero-order chi connectivity index (χ0) is 18.7. The van der Waals surface area contributed by atoms with Gasteiger partial charge in [0.25, 0.3) is 5.91 Å². The van der Waals surface area contributed by atoms with Crippen LogP contribution in [0.25, 0.3) is 6.08 Å². The van der Waals surface area contributed by atoms with Crippen molar-refractivity contribution in [2.24, 2.45) is 0 Å². The average molecular weight is 406 g/mol. The van der Waals surface area contributed by atoms with Crippen LogP contribution in [-0.2, 0) is 11.3 Å². The highest BCUT2D eigenvalue weighted by Gasteiger charge is 2.32. The fourth-order valence-corrected chi connectivity index (χ4v) is 3.99. The van der Waals surface area contributed by atoms with E-state index in [9.17, 15) is 4.79 Å². The molecule has 3 rings (SSSR count). The molecule has 134 valence electrons. The van der Waals surface area contributed by atoms with Crippen LogP contribution >= 0.6 is 35.6 Å². The number of carbonyl (C=O) groups excluding carboxylic acids is 1. The standard InChI is InChI=1S/C19H16ClNO3S2/c1-23-14-6-3-12(4-7-14)11-21-18(22)17(26-19(21)25)10-13-5-8-16(24-2)15(20)9-13/h3-10H,11H2,1-2H3/b17-10-. The summed E-state index contributed by atoms with van der Waals surface area (Å²) < 4.78 is 10.8. The van der Waals surface area contributed by atoms with Crippen LogP contribution in [0.4, 0.5) is 0 Å². The number of thioether (sulfide) groups is 1. The van der Waals surface area contributed by atoms with E-state index in [2.05, 4.69) is 0 Å². The van der Waals surface area contributed by atoms with Crippen LogP contribution in [0.2, 0.25) is 5.02 Å². The molecule has 1 aliphatic rings. The molecular formula is C19H16ClNO3S2. The number of carbonyl (C=O) groups is 1. The van der Waals surface area contributed by atoms with Crippen molar-refractivity contribution in [3.8, 4) is 11.5 Å². The van der Waals surface area contributed by atoms with E-state index in [1.54, 1.807) is 37.3 Å². The van der Waals surface area contributed by atoms with E-state index in [0.29, 0.717) is 26.5 Å². The fourth-order valence-electron chi connectivity index (χ4n) is 2.47. The molecule has 7 heteroatoms. The predicted octanol–water partition coefficient (Wildman–Crippen LogP) is 4.76. The minimum atomic E-state index is -0.109. The number of ether oxygens (including phenoxy) is 2. The van der Waals surface area contributed by atoms with Crippen LogP contribution in [0.5, 0.6) is 11.5 Å². The van der Waals surface area contributed by atoms with Gasteiger partial charge >= 0.3 is 0 Å². The van der Waals surface area contributed by atoms with Gasteiger partial charge in [0.05, 0.1) is 30.7 Å². The van der Waals surface area contributed by atoms with Crippen LogP contribution in [0.1, 0.15) is 11.1 Å². The van der Waals surface area contributed by atoms with E-state index in [1.165, 1.54) is 11.8 Å². The van der Waals surface area contributed by atoms with E-state index < -0.39 is 0 Å². The molecule has 0 N–H and O–H groups in total. The van der Waals surface area contributed by atoms with Crippen molar-refractivity contribution in [3.63, 3.8) is 0 Å². The lowest BCUT2D eigenvalue weighted by Gasteiger charge is -2.14. The third-order valence-electron chi connectivity index (χ3n) is 3.85. The number of hydrogen-bond acceptors (Lipinski definition) is 5. The maximum atomic E-state index is 12.7. The first-order valence-corrected chi connectivity index (χ1v) is 9.34. The summed E-state index contributed by atoms with van der Waals surface area (Å²) in [4.78, 5) is 14.9. The number of halogens is 1. The van der Waals surface area contributed by atoms with E-state index in [1.807, 2.05) is 30.3 Å². The zero-order valence-electron chi connectivity index (χ0n) is 14.2. The molecule has 26 heavy (non-hydrogen) atoms. The lowest BCUT2D eigenvalue weighted by molar-refractivity contribution is -0.122. The lowest BCUT2D eigenvalue weighted by atomic mass is 10.2. The van der Waals surface area contributed by atoms with E-state index in [0.717, 1.165) is 16.9 Å². The zero-order valence-corrected chi connectivity index (χ0v) is 16.6. The second-order valence-electron chi connectivity index (χ2n) is 5.51. The molecular weight excluding hydrogens is 390 g/mol. The third kappa shape index (κ3) is 4.03. The molecule has 0 unspecified atom stereocenters. The van der Waals surface area contributed by atoms with E-state index in [-0.39, 0.29) is 5.91 Å². The quantitative estimate of drug-likeness (QED) is 0.529. The molecule has 1 heterocycles. The number of methoxy groups -OCH3 is 2. The highest BCUT2D eigenvalue weighted by molar-refractivity contribution is 8.26. The first-order chi connectivity index (χ1) is 12.5. The minimum absolute atomic E-state index is 0.109. The molecule has 2 aromatic carbocycles. The molecule has 0 aromatic heterocycles. The van der Waals surface area contributed by atoms with Crippen molar-refractivity contribution < 1.29 is 14.3 Å². The SMILES string of the molecule is COc1ccc(CN2C(=O)/C(=C/c3ccc(OC)c(Cl)c3)SC2=S)cc1. The molecule has 0 saturated carbocycles. The molecule has 1 fully saturated rings. The van der Waals surface area contributed by atoms with Gasteiger partial charge in [-0.3, -0.25) is 9.69 Å². The second-order valence-corrected chi connectivity index (χ2v) is 7.59. The summed E-state index contributed by atoms with van der Waals surface area (Å²) in [6.07, 6.45) is 1.79. The molecule has 0 radical (unpaired) electrons. The molecule has 0 atom stereocenters. The number of benzene rings is 2. The van der Waals surface area contributed by atoms with Crippen molar-refractivity contribution in [1.29, 1.82) is 0 Å². The number of rotatable bonds is 5. The highest BCUT2D eigenvalue weighted by atomic mass is 35.5.